The first-order chi connectivity index (χ1) is 14.8. The van der Waals surface area contributed by atoms with Crippen LogP contribution < -0.4 is 5.32 Å². The zero-order valence-corrected chi connectivity index (χ0v) is 18.4. The molecule has 0 saturated carbocycles. The number of nitrogens with zero attached hydrogens (tertiary/aromatic N) is 1. The van der Waals surface area contributed by atoms with E-state index in [9.17, 15) is 19.5 Å². The Hall–Kier alpha value is -2.16. The molecule has 1 aromatic carbocycles. The molecule has 3 aliphatic heterocycles. The van der Waals surface area contributed by atoms with Crippen LogP contribution in [0.15, 0.2) is 24.3 Å². The average Bonchev–Trinajstić information content (AvgIpc) is 3.34. The van der Waals surface area contributed by atoms with Crippen LogP contribution >= 0.6 is 11.6 Å². The maximum Gasteiger partial charge on any atom is 0.312 e. The van der Waals surface area contributed by atoms with Gasteiger partial charge in [0.1, 0.15) is 17.6 Å². The van der Waals surface area contributed by atoms with Gasteiger partial charge in [-0.25, -0.2) is 0 Å². The highest BCUT2D eigenvalue weighted by Gasteiger charge is 2.78. The number of benzene rings is 1. The number of likely N-dealkylation sites (tertiary alicyclic amines) is 1. The molecule has 3 saturated heterocycles. The van der Waals surface area contributed by atoms with E-state index in [4.69, 9.17) is 21.1 Å². The van der Waals surface area contributed by atoms with E-state index in [0.717, 1.165) is 0 Å². The molecule has 1 aromatic rings. The summed E-state index contributed by atoms with van der Waals surface area (Å²) in [5.41, 5.74) is -1.56. The molecule has 5 atom stereocenters. The highest BCUT2D eigenvalue weighted by Crippen LogP contribution is 2.64. The molecule has 2 N–H and O–H groups in total. The molecule has 2 amide bonds. The Morgan fingerprint density at radius 2 is 2.06 bits per heavy atom. The molecule has 0 radical (unpaired) electrons. The van der Waals surface area contributed by atoms with Crippen LogP contribution in [0.3, 0.4) is 0 Å². The van der Waals surface area contributed by atoms with E-state index in [-0.39, 0.29) is 25.7 Å². The van der Waals surface area contributed by atoms with Gasteiger partial charge < -0.3 is 24.8 Å². The van der Waals surface area contributed by atoms with Gasteiger partial charge in [-0.3, -0.25) is 14.4 Å². The number of rotatable bonds is 7. The Morgan fingerprint density at radius 1 is 1.32 bits per heavy atom. The fraction of sp³-hybridized carbons (Fsp3) is 0.591. The van der Waals surface area contributed by atoms with Crippen molar-refractivity contribution in [3.8, 4) is 0 Å². The Bertz CT molecular complexity index is 910. The van der Waals surface area contributed by atoms with Gasteiger partial charge in [0.15, 0.2) is 0 Å². The summed E-state index contributed by atoms with van der Waals surface area (Å²) in [4.78, 5) is 41.2. The van der Waals surface area contributed by atoms with E-state index in [0.29, 0.717) is 30.0 Å². The monoisotopic (exact) mass is 450 g/mol. The molecule has 9 heteroatoms. The second-order valence-electron chi connectivity index (χ2n) is 8.31. The third-order valence-corrected chi connectivity index (χ3v) is 7.27. The second-order valence-corrected chi connectivity index (χ2v) is 8.72. The van der Waals surface area contributed by atoms with Crippen LogP contribution in [0.25, 0.3) is 0 Å². The van der Waals surface area contributed by atoms with Crippen LogP contribution in [-0.2, 0) is 23.9 Å². The van der Waals surface area contributed by atoms with Crippen LogP contribution in [0, 0.1) is 11.8 Å². The summed E-state index contributed by atoms with van der Waals surface area (Å²) >= 11 is 6.21. The van der Waals surface area contributed by atoms with Crippen molar-refractivity contribution < 1.29 is 29.0 Å². The van der Waals surface area contributed by atoms with Crippen molar-refractivity contribution in [3.63, 3.8) is 0 Å². The number of carbonyl (C=O) groups is 3. The molecular weight excluding hydrogens is 424 g/mol. The van der Waals surface area contributed by atoms with Crippen molar-refractivity contribution in [2.45, 2.75) is 50.4 Å². The fourth-order valence-electron chi connectivity index (χ4n) is 5.72. The molecule has 8 nitrogen and oxygen atoms in total. The summed E-state index contributed by atoms with van der Waals surface area (Å²) < 4.78 is 11.8. The first kappa shape index (κ1) is 22.0. The number of para-hydroxylation sites is 1. The molecular formula is C22H27ClN2O6. The van der Waals surface area contributed by atoms with Crippen molar-refractivity contribution >= 4 is 35.1 Å². The number of ether oxygens (including phenoxy) is 2. The maximum atomic E-state index is 13.5. The Kier molecular flexibility index (Phi) is 5.74. The minimum absolute atomic E-state index is 0.0320. The number of carbonyl (C=O) groups excluding carboxylic acids is 3. The number of aliphatic hydroxyl groups excluding tert-OH is 1. The zero-order chi connectivity index (χ0) is 22.4. The van der Waals surface area contributed by atoms with Crippen LogP contribution in [-0.4, -0.2) is 64.8 Å². The molecule has 4 rings (SSSR count). The third-order valence-electron chi connectivity index (χ3n) is 6.94. The standard InChI is InChI=1S/C22H27ClN2O6/c1-3-21-9-10-22(31-21)15(16(21)20(29)30-4-2)19(28)25(11-12-26)17(22)18(27)24-14-8-6-5-7-13(14)23/h5-8,15-17,26H,3-4,9-12H2,1-2H3,(H,24,27)/t15-,16+,17?,21-,22?/m0/s1. The zero-order valence-electron chi connectivity index (χ0n) is 17.6. The highest BCUT2D eigenvalue weighted by atomic mass is 35.5. The molecule has 168 valence electrons. The Labute approximate surface area is 185 Å². The summed E-state index contributed by atoms with van der Waals surface area (Å²) in [5.74, 6) is -2.89. The first-order valence-electron chi connectivity index (χ1n) is 10.7. The summed E-state index contributed by atoms with van der Waals surface area (Å²) in [6.07, 6.45) is 1.55. The number of fused-ring (bicyclic) bond motifs is 1. The average molecular weight is 451 g/mol. The molecule has 3 aliphatic rings. The van der Waals surface area contributed by atoms with Crippen LogP contribution in [0.5, 0.6) is 0 Å². The van der Waals surface area contributed by atoms with Gasteiger partial charge in [-0.2, -0.15) is 0 Å². The lowest BCUT2D eigenvalue weighted by atomic mass is 9.65. The number of nitrogens with one attached hydrogen (secondary N) is 1. The lowest BCUT2D eigenvalue weighted by molar-refractivity contribution is -0.160. The van der Waals surface area contributed by atoms with E-state index in [2.05, 4.69) is 5.32 Å². The first-order valence-corrected chi connectivity index (χ1v) is 11.1. The van der Waals surface area contributed by atoms with E-state index < -0.39 is 41.0 Å². The van der Waals surface area contributed by atoms with Crippen LogP contribution in [0.4, 0.5) is 5.69 Å². The summed E-state index contributed by atoms with van der Waals surface area (Å²) in [6, 6.07) is 5.84. The number of esters is 1. The lowest BCUT2D eigenvalue weighted by Crippen LogP contribution is -2.53. The van der Waals surface area contributed by atoms with Gasteiger partial charge in [-0.15, -0.1) is 0 Å². The van der Waals surface area contributed by atoms with E-state index in [1.165, 1.54) is 4.90 Å². The minimum Gasteiger partial charge on any atom is -0.466 e. The molecule has 2 unspecified atom stereocenters. The van der Waals surface area contributed by atoms with Gasteiger partial charge in [0.2, 0.25) is 11.8 Å². The molecule has 0 aromatic heterocycles. The summed E-state index contributed by atoms with van der Waals surface area (Å²) in [6.45, 7) is 3.48. The number of amides is 2. The summed E-state index contributed by atoms with van der Waals surface area (Å²) in [5, 5.41) is 12.8. The normalized spacial score (nSPS) is 33.5. The third kappa shape index (κ3) is 3.15. The van der Waals surface area contributed by atoms with Gasteiger partial charge in [0.25, 0.3) is 0 Å². The van der Waals surface area contributed by atoms with Crippen molar-refractivity contribution in [1.29, 1.82) is 0 Å². The van der Waals surface area contributed by atoms with Gasteiger partial charge in [0, 0.05) is 6.54 Å². The maximum absolute atomic E-state index is 13.5. The molecule has 1 spiro atoms. The van der Waals surface area contributed by atoms with E-state index in [1.54, 1.807) is 31.2 Å². The molecule has 31 heavy (non-hydrogen) atoms. The van der Waals surface area contributed by atoms with Crippen molar-refractivity contribution in [1.82, 2.24) is 4.90 Å². The van der Waals surface area contributed by atoms with E-state index in [1.807, 2.05) is 6.92 Å². The fourth-order valence-corrected chi connectivity index (χ4v) is 5.90. The predicted octanol–water partition coefficient (Wildman–Crippen LogP) is 1.99. The molecule has 2 bridgehead atoms. The minimum atomic E-state index is -1.15. The molecule has 0 aliphatic carbocycles. The van der Waals surface area contributed by atoms with Gasteiger partial charge in [-0.1, -0.05) is 30.7 Å². The quantitative estimate of drug-likeness (QED) is 0.615. The highest BCUT2D eigenvalue weighted by molar-refractivity contribution is 6.33. The van der Waals surface area contributed by atoms with Gasteiger partial charge in [-0.05, 0) is 38.3 Å². The SMILES string of the molecule is CCOC(=O)[C@H]1[C@H]2C(=O)N(CCO)C(C(=O)Nc3ccccc3Cl)C23CC[C@]1(CC)O3. The lowest BCUT2D eigenvalue weighted by Gasteiger charge is -2.33. The molecule has 3 fully saturated rings. The van der Waals surface area contributed by atoms with Gasteiger partial charge in [0.05, 0.1) is 35.4 Å². The number of hydrogen-bond acceptors (Lipinski definition) is 6. The second kappa shape index (κ2) is 8.07. The van der Waals surface area contributed by atoms with Crippen molar-refractivity contribution in [2.75, 3.05) is 25.1 Å². The number of halogens is 1. The predicted molar refractivity (Wildman–Crippen MR) is 112 cm³/mol. The smallest absolute Gasteiger partial charge is 0.312 e. The van der Waals surface area contributed by atoms with E-state index >= 15 is 0 Å². The van der Waals surface area contributed by atoms with Gasteiger partial charge >= 0.3 is 5.97 Å². The molecule has 3 heterocycles. The number of aliphatic hydroxyl groups is 1. The van der Waals surface area contributed by atoms with Crippen molar-refractivity contribution in [3.05, 3.63) is 29.3 Å². The number of anilines is 1. The van der Waals surface area contributed by atoms with Crippen LogP contribution in [0.2, 0.25) is 5.02 Å². The topological polar surface area (TPSA) is 105 Å². The summed E-state index contributed by atoms with van der Waals surface area (Å²) in [7, 11) is 0. The largest absolute Gasteiger partial charge is 0.466 e. The van der Waals surface area contributed by atoms with Crippen molar-refractivity contribution in [2.24, 2.45) is 11.8 Å². The number of β-amino-alcohol motifs (C(OH)–C–C–N with tert-alkyl or cyclic N) is 1. The van der Waals surface area contributed by atoms with Crippen LogP contribution in [0.1, 0.15) is 33.1 Å². The Morgan fingerprint density at radius 3 is 2.71 bits per heavy atom. The Balaban J connectivity index is 1.75. The number of hydrogen-bond donors (Lipinski definition) is 2.